The number of hydrogen-bond donors (Lipinski definition) is 1. The van der Waals surface area contributed by atoms with E-state index in [4.69, 9.17) is 9.47 Å². The number of halogens is 3. The van der Waals surface area contributed by atoms with Crippen molar-refractivity contribution >= 4 is 16.0 Å². The lowest BCUT2D eigenvalue weighted by molar-refractivity contribution is -0.137. The summed E-state index contributed by atoms with van der Waals surface area (Å²) in [5.41, 5.74) is -0.580. The fraction of sp³-hybridized carbons (Fsp3) is 0.278. The van der Waals surface area contributed by atoms with E-state index in [1.54, 1.807) is 0 Å². The van der Waals surface area contributed by atoms with Crippen molar-refractivity contribution in [3.05, 3.63) is 65.2 Å². The molecule has 0 fully saturated rings. The Morgan fingerprint density at radius 2 is 1.79 bits per heavy atom. The first kappa shape index (κ1) is 21.9. The minimum absolute atomic E-state index is 0.0435. The van der Waals surface area contributed by atoms with Crippen LogP contribution in [0.2, 0.25) is 0 Å². The van der Waals surface area contributed by atoms with Gasteiger partial charge in [-0.3, -0.25) is 0 Å². The molecule has 0 amide bonds. The molecule has 0 aliphatic carbocycles. The fourth-order valence-corrected chi connectivity index (χ4v) is 3.21. The third kappa shape index (κ3) is 6.04. The van der Waals surface area contributed by atoms with Crippen molar-refractivity contribution in [2.45, 2.75) is 17.7 Å². The van der Waals surface area contributed by atoms with E-state index in [-0.39, 0.29) is 35.8 Å². The van der Waals surface area contributed by atoms with Gasteiger partial charge in [-0.15, -0.1) is 0 Å². The maximum atomic E-state index is 12.7. The van der Waals surface area contributed by atoms with Crippen molar-refractivity contribution in [3.8, 4) is 0 Å². The Balaban J connectivity index is 2.00. The zero-order valence-corrected chi connectivity index (χ0v) is 15.6. The number of sulfonamides is 1. The quantitative estimate of drug-likeness (QED) is 0.528. The second-order valence-electron chi connectivity index (χ2n) is 5.69. The van der Waals surface area contributed by atoms with Crippen LogP contribution in [-0.4, -0.2) is 34.6 Å². The summed E-state index contributed by atoms with van der Waals surface area (Å²) in [7, 11) is -2.30. The Morgan fingerprint density at radius 3 is 2.39 bits per heavy atom. The van der Waals surface area contributed by atoms with E-state index in [0.29, 0.717) is 0 Å². The van der Waals surface area contributed by atoms with Crippen LogP contribution in [0.25, 0.3) is 0 Å². The van der Waals surface area contributed by atoms with Crippen molar-refractivity contribution < 1.29 is 35.9 Å². The molecule has 152 valence electrons. The monoisotopic (exact) mass is 417 g/mol. The van der Waals surface area contributed by atoms with Crippen molar-refractivity contribution in [2.75, 3.05) is 20.3 Å². The SMILES string of the molecule is COCCNS(=O)(=O)c1ccc(C(=O)OCc2cccc(C(F)(F)F)c2)cc1. The first-order chi connectivity index (χ1) is 13.1. The Labute approximate surface area is 160 Å². The molecule has 0 aliphatic rings. The van der Waals surface area contributed by atoms with Crippen molar-refractivity contribution in [1.82, 2.24) is 4.72 Å². The average Bonchev–Trinajstić information content (AvgIpc) is 2.66. The molecule has 0 bridgehead atoms. The summed E-state index contributed by atoms with van der Waals surface area (Å²) in [6.45, 7) is -0.0415. The summed E-state index contributed by atoms with van der Waals surface area (Å²) in [6, 6.07) is 9.44. The summed E-state index contributed by atoms with van der Waals surface area (Å²) in [6.07, 6.45) is -4.49. The summed E-state index contributed by atoms with van der Waals surface area (Å²) in [5, 5.41) is 0. The van der Waals surface area contributed by atoms with Gasteiger partial charge in [0.2, 0.25) is 10.0 Å². The molecule has 0 unspecified atom stereocenters. The van der Waals surface area contributed by atoms with Gasteiger partial charge < -0.3 is 9.47 Å². The number of nitrogens with one attached hydrogen (secondary N) is 1. The van der Waals surface area contributed by atoms with E-state index in [0.717, 1.165) is 12.1 Å². The molecule has 0 radical (unpaired) electrons. The van der Waals surface area contributed by atoms with Gasteiger partial charge in [0.05, 0.1) is 22.6 Å². The Hall–Kier alpha value is -2.43. The van der Waals surface area contributed by atoms with Crippen LogP contribution in [0.15, 0.2) is 53.4 Å². The van der Waals surface area contributed by atoms with Gasteiger partial charge in [0.1, 0.15) is 6.61 Å². The van der Waals surface area contributed by atoms with E-state index < -0.39 is 27.7 Å². The number of rotatable bonds is 8. The molecule has 2 aromatic rings. The molecular formula is C18H18F3NO5S. The summed E-state index contributed by atoms with van der Waals surface area (Å²) >= 11 is 0. The van der Waals surface area contributed by atoms with Gasteiger partial charge in [0.15, 0.2) is 0 Å². The van der Waals surface area contributed by atoms with Gasteiger partial charge in [-0.05, 0) is 42.0 Å². The van der Waals surface area contributed by atoms with Gasteiger partial charge >= 0.3 is 12.1 Å². The normalized spacial score (nSPS) is 12.0. The molecule has 0 aliphatic heterocycles. The summed E-state index contributed by atoms with van der Waals surface area (Å²) < 4.78 is 74.2. The highest BCUT2D eigenvalue weighted by Gasteiger charge is 2.30. The van der Waals surface area contributed by atoms with Gasteiger partial charge in [0.25, 0.3) is 0 Å². The minimum atomic E-state index is -4.49. The van der Waals surface area contributed by atoms with Crippen LogP contribution in [0.3, 0.4) is 0 Å². The van der Waals surface area contributed by atoms with E-state index in [9.17, 15) is 26.4 Å². The van der Waals surface area contributed by atoms with Crippen LogP contribution in [-0.2, 0) is 32.3 Å². The van der Waals surface area contributed by atoms with E-state index in [1.807, 2.05) is 0 Å². The highest BCUT2D eigenvalue weighted by atomic mass is 32.2. The number of carbonyl (C=O) groups excluding carboxylic acids is 1. The smallest absolute Gasteiger partial charge is 0.416 e. The molecule has 0 heterocycles. The molecule has 0 spiro atoms. The van der Waals surface area contributed by atoms with Gasteiger partial charge in [-0.25, -0.2) is 17.9 Å². The average molecular weight is 417 g/mol. The molecule has 2 rings (SSSR count). The van der Waals surface area contributed by atoms with Crippen LogP contribution in [0.4, 0.5) is 13.2 Å². The van der Waals surface area contributed by atoms with E-state index in [1.165, 1.54) is 43.5 Å². The number of alkyl halides is 3. The lowest BCUT2D eigenvalue weighted by Gasteiger charge is -2.10. The zero-order valence-electron chi connectivity index (χ0n) is 14.8. The summed E-state index contributed by atoms with van der Waals surface area (Å²) in [4.78, 5) is 12.0. The molecule has 0 saturated heterocycles. The first-order valence-corrected chi connectivity index (χ1v) is 9.54. The predicted octanol–water partition coefficient (Wildman–Crippen LogP) is 2.99. The van der Waals surface area contributed by atoms with Crippen LogP contribution in [0.1, 0.15) is 21.5 Å². The van der Waals surface area contributed by atoms with Crippen LogP contribution >= 0.6 is 0 Å². The first-order valence-electron chi connectivity index (χ1n) is 8.05. The highest BCUT2D eigenvalue weighted by molar-refractivity contribution is 7.89. The van der Waals surface area contributed by atoms with Crippen molar-refractivity contribution in [3.63, 3.8) is 0 Å². The maximum Gasteiger partial charge on any atom is 0.416 e. The topological polar surface area (TPSA) is 81.7 Å². The number of benzene rings is 2. The molecule has 0 atom stereocenters. The highest BCUT2D eigenvalue weighted by Crippen LogP contribution is 2.29. The number of methoxy groups -OCH3 is 1. The second-order valence-corrected chi connectivity index (χ2v) is 7.46. The molecule has 28 heavy (non-hydrogen) atoms. The van der Waals surface area contributed by atoms with Gasteiger partial charge in [-0.2, -0.15) is 13.2 Å². The molecule has 1 N–H and O–H groups in total. The number of carbonyl (C=O) groups is 1. The lowest BCUT2D eigenvalue weighted by Crippen LogP contribution is -2.27. The van der Waals surface area contributed by atoms with Crippen LogP contribution in [0, 0.1) is 0 Å². The van der Waals surface area contributed by atoms with Crippen LogP contribution in [0.5, 0.6) is 0 Å². The Kier molecular flexibility index (Phi) is 7.17. The molecule has 0 aromatic heterocycles. The standard InChI is InChI=1S/C18H18F3NO5S/c1-26-10-9-22-28(24,25)16-7-5-14(6-8-16)17(23)27-12-13-3-2-4-15(11-13)18(19,20)21/h2-8,11,22H,9-10,12H2,1H3. The van der Waals surface area contributed by atoms with Gasteiger partial charge in [-0.1, -0.05) is 12.1 Å². The minimum Gasteiger partial charge on any atom is -0.457 e. The molecule has 6 nitrogen and oxygen atoms in total. The Morgan fingerprint density at radius 1 is 1.11 bits per heavy atom. The number of esters is 1. The molecule has 2 aromatic carbocycles. The third-order valence-corrected chi connectivity index (χ3v) is 5.10. The van der Waals surface area contributed by atoms with Gasteiger partial charge in [0, 0.05) is 13.7 Å². The predicted molar refractivity (Wildman–Crippen MR) is 94.1 cm³/mol. The van der Waals surface area contributed by atoms with E-state index >= 15 is 0 Å². The van der Waals surface area contributed by atoms with Crippen LogP contribution < -0.4 is 4.72 Å². The number of hydrogen-bond acceptors (Lipinski definition) is 5. The third-order valence-electron chi connectivity index (χ3n) is 3.62. The Bertz CT molecular complexity index is 912. The second kappa shape index (κ2) is 9.18. The van der Waals surface area contributed by atoms with Crippen molar-refractivity contribution in [2.24, 2.45) is 0 Å². The van der Waals surface area contributed by atoms with E-state index in [2.05, 4.69) is 4.72 Å². The fourth-order valence-electron chi connectivity index (χ4n) is 2.20. The maximum absolute atomic E-state index is 12.7. The molecule has 10 heteroatoms. The van der Waals surface area contributed by atoms with Crippen molar-refractivity contribution in [1.29, 1.82) is 0 Å². The lowest BCUT2D eigenvalue weighted by atomic mass is 10.1. The zero-order chi connectivity index (χ0) is 20.8. The number of ether oxygens (including phenoxy) is 2. The summed E-state index contributed by atoms with van der Waals surface area (Å²) in [5.74, 6) is -0.784. The molecular weight excluding hydrogens is 399 g/mol. The molecule has 0 saturated carbocycles. The largest absolute Gasteiger partial charge is 0.457 e.